The maximum atomic E-state index is 5.64. The molecule has 2 aliphatic rings. The lowest BCUT2D eigenvalue weighted by molar-refractivity contribution is 0.0216. The largest absolute Gasteiger partial charge is 0.370 e. The number of rotatable bonds is 5. The summed E-state index contributed by atoms with van der Waals surface area (Å²) in [6.07, 6.45) is 3.84. The van der Waals surface area contributed by atoms with Gasteiger partial charge in [0.25, 0.3) is 0 Å². The molecule has 2 saturated heterocycles. The number of likely N-dealkylation sites (tertiary alicyclic amines) is 2. The van der Waals surface area contributed by atoms with Crippen molar-refractivity contribution in [3.8, 4) is 0 Å². The fourth-order valence-electron chi connectivity index (χ4n) is 4.59. The van der Waals surface area contributed by atoms with Gasteiger partial charge >= 0.3 is 0 Å². The topological polar surface area (TPSA) is 70.9 Å². The number of guanidine groups is 1. The Morgan fingerprint density at radius 1 is 1.00 bits per heavy atom. The van der Waals surface area contributed by atoms with E-state index in [4.69, 9.17) is 11.5 Å². The van der Waals surface area contributed by atoms with Crippen molar-refractivity contribution < 1.29 is 0 Å². The van der Waals surface area contributed by atoms with Crippen LogP contribution in [0.1, 0.15) is 60.8 Å². The summed E-state index contributed by atoms with van der Waals surface area (Å²) < 4.78 is 0. The third-order valence-electron chi connectivity index (χ3n) is 6.60. The molecule has 0 saturated carbocycles. The van der Waals surface area contributed by atoms with Gasteiger partial charge in [-0.2, -0.15) is 0 Å². The Bertz CT molecular complexity index is 451. The van der Waals surface area contributed by atoms with Crippen LogP contribution in [0, 0.1) is 11.8 Å². The SMILES string of the molecule is CC(C)N1CCCC(C(C)(C)N2CCC(C(C)(C)N=C(N)N)C2)C1. The summed E-state index contributed by atoms with van der Waals surface area (Å²) in [5.41, 5.74) is 11.3. The van der Waals surface area contributed by atoms with Crippen LogP contribution in [0.4, 0.5) is 0 Å². The van der Waals surface area contributed by atoms with E-state index < -0.39 is 0 Å². The van der Waals surface area contributed by atoms with E-state index in [1.165, 1.54) is 32.4 Å². The van der Waals surface area contributed by atoms with E-state index in [1.807, 2.05) is 0 Å². The van der Waals surface area contributed by atoms with Crippen molar-refractivity contribution in [3.05, 3.63) is 0 Å². The highest BCUT2D eigenvalue weighted by Gasteiger charge is 2.44. The average molecular weight is 338 g/mol. The summed E-state index contributed by atoms with van der Waals surface area (Å²) in [4.78, 5) is 9.83. The molecule has 0 spiro atoms. The van der Waals surface area contributed by atoms with Crippen molar-refractivity contribution >= 4 is 5.96 Å². The minimum Gasteiger partial charge on any atom is -0.370 e. The van der Waals surface area contributed by atoms with Gasteiger partial charge in [0, 0.05) is 24.7 Å². The molecule has 2 heterocycles. The second-order valence-corrected chi connectivity index (χ2v) is 9.20. The van der Waals surface area contributed by atoms with Crippen LogP contribution in [-0.2, 0) is 0 Å². The van der Waals surface area contributed by atoms with Gasteiger partial charge in [-0.15, -0.1) is 0 Å². The van der Waals surface area contributed by atoms with Crippen LogP contribution in [0.25, 0.3) is 0 Å². The van der Waals surface area contributed by atoms with Crippen LogP contribution in [0.3, 0.4) is 0 Å². The number of aliphatic imine (C=N–C) groups is 1. The van der Waals surface area contributed by atoms with Gasteiger partial charge in [-0.3, -0.25) is 4.90 Å². The van der Waals surface area contributed by atoms with Crippen molar-refractivity contribution in [2.24, 2.45) is 28.3 Å². The molecule has 140 valence electrons. The van der Waals surface area contributed by atoms with Gasteiger partial charge in [-0.05, 0) is 85.7 Å². The Hall–Kier alpha value is -0.810. The molecule has 0 bridgehead atoms. The molecule has 2 fully saturated rings. The van der Waals surface area contributed by atoms with Crippen LogP contribution in [-0.4, -0.2) is 59.1 Å². The lowest BCUT2D eigenvalue weighted by atomic mass is 9.79. The highest BCUT2D eigenvalue weighted by Crippen LogP contribution is 2.39. The van der Waals surface area contributed by atoms with Crippen LogP contribution in [0.15, 0.2) is 4.99 Å². The van der Waals surface area contributed by atoms with Gasteiger partial charge in [-0.25, -0.2) is 4.99 Å². The number of hydrogen-bond acceptors (Lipinski definition) is 3. The smallest absolute Gasteiger partial charge is 0.186 e. The Morgan fingerprint density at radius 3 is 2.25 bits per heavy atom. The first-order chi connectivity index (χ1) is 11.0. The van der Waals surface area contributed by atoms with Crippen molar-refractivity contribution in [3.63, 3.8) is 0 Å². The molecule has 5 heteroatoms. The molecule has 24 heavy (non-hydrogen) atoms. The maximum Gasteiger partial charge on any atom is 0.186 e. The van der Waals surface area contributed by atoms with Crippen molar-refractivity contribution in [1.82, 2.24) is 9.80 Å². The summed E-state index contributed by atoms with van der Waals surface area (Å²) in [6.45, 7) is 18.6. The molecular weight excluding hydrogens is 298 g/mol. The van der Waals surface area contributed by atoms with E-state index in [0.29, 0.717) is 12.0 Å². The zero-order chi connectivity index (χ0) is 18.1. The molecule has 0 amide bonds. The van der Waals surface area contributed by atoms with Crippen molar-refractivity contribution in [2.45, 2.75) is 77.9 Å². The third kappa shape index (κ3) is 4.23. The number of hydrogen-bond donors (Lipinski definition) is 2. The van der Waals surface area contributed by atoms with Gasteiger partial charge in [0.1, 0.15) is 0 Å². The molecule has 2 unspecified atom stereocenters. The molecule has 0 radical (unpaired) electrons. The van der Waals surface area contributed by atoms with E-state index in [2.05, 4.69) is 56.3 Å². The fourth-order valence-corrected chi connectivity index (χ4v) is 4.59. The Labute approximate surface area is 148 Å². The molecule has 0 aliphatic carbocycles. The van der Waals surface area contributed by atoms with Crippen LogP contribution in [0.5, 0.6) is 0 Å². The Morgan fingerprint density at radius 2 is 1.67 bits per heavy atom. The highest BCUT2D eigenvalue weighted by molar-refractivity contribution is 5.76. The molecule has 0 aromatic carbocycles. The number of nitrogens with zero attached hydrogens (tertiary/aromatic N) is 3. The van der Waals surface area contributed by atoms with E-state index in [-0.39, 0.29) is 17.0 Å². The predicted octanol–water partition coefficient (Wildman–Crippen LogP) is 2.26. The van der Waals surface area contributed by atoms with Crippen LogP contribution in [0.2, 0.25) is 0 Å². The molecule has 4 N–H and O–H groups in total. The first-order valence-electron chi connectivity index (χ1n) is 9.64. The molecule has 0 aromatic rings. The summed E-state index contributed by atoms with van der Waals surface area (Å²) in [6, 6.07) is 0.649. The van der Waals surface area contributed by atoms with Gasteiger partial charge < -0.3 is 16.4 Å². The summed E-state index contributed by atoms with van der Waals surface area (Å²) in [7, 11) is 0. The van der Waals surface area contributed by atoms with Crippen LogP contribution >= 0.6 is 0 Å². The molecule has 0 aromatic heterocycles. The van der Waals surface area contributed by atoms with Crippen LogP contribution < -0.4 is 11.5 Å². The molecule has 5 nitrogen and oxygen atoms in total. The number of nitrogens with two attached hydrogens (primary N) is 2. The van der Waals surface area contributed by atoms with Gasteiger partial charge in [0.15, 0.2) is 5.96 Å². The van der Waals surface area contributed by atoms with Gasteiger partial charge in [0.05, 0.1) is 5.54 Å². The second-order valence-electron chi connectivity index (χ2n) is 9.20. The standard InChI is InChI=1S/C19H39N5/c1-14(2)23-10-7-8-16(12-23)19(5,6)24-11-9-15(13-24)18(3,4)22-17(20)21/h14-16H,7-13H2,1-6H3,(H4,20,21,22). The normalized spacial score (nSPS) is 27.6. The molecule has 2 atom stereocenters. The molecular formula is C19H39N5. The van der Waals surface area contributed by atoms with Crippen molar-refractivity contribution in [1.29, 1.82) is 0 Å². The third-order valence-corrected chi connectivity index (χ3v) is 6.60. The molecule has 2 aliphatic heterocycles. The minimum atomic E-state index is -0.180. The lowest BCUT2D eigenvalue weighted by Gasteiger charge is -2.47. The summed E-state index contributed by atoms with van der Waals surface area (Å²) in [5, 5.41) is 0. The predicted molar refractivity (Wildman–Crippen MR) is 103 cm³/mol. The van der Waals surface area contributed by atoms with E-state index in [1.54, 1.807) is 0 Å². The maximum absolute atomic E-state index is 5.64. The monoisotopic (exact) mass is 337 g/mol. The zero-order valence-corrected chi connectivity index (χ0v) is 16.7. The van der Waals surface area contributed by atoms with Crippen molar-refractivity contribution in [2.75, 3.05) is 26.2 Å². The van der Waals surface area contributed by atoms with E-state index >= 15 is 0 Å². The lowest BCUT2D eigenvalue weighted by Crippen LogP contribution is -2.55. The highest BCUT2D eigenvalue weighted by atomic mass is 15.2. The first-order valence-corrected chi connectivity index (χ1v) is 9.64. The van der Waals surface area contributed by atoms with E-state index in [0.717, 1.165) is 19.0 Å². The summed E-state index contributed by atoms with van der Waals surface area (Å²) >= 11 is 0. The van der Waals surface area contributed by atoms with Gasteiger partial charge in [0.2, 0.25) is 0 Å². The first kappa shape index (κ1) is 19.5. The fraction of sp³-hybridized carbons (Fsp3) is 0.947. The average Bonchev–Trinajstić information content (AvgIpc) is 2.97. The molecule has 2 rings (SSSR count). The second kappa shape index (κ2) is 7.20. The summed E-state index contributed by atoms with van der Waals surface area (Å²) in [5.74, 6) is 1.46. The zero-order valence-electron chi connectivity index (χ0n) is 16.7. The number of piperidine rings is 1. The Kier molecular flexibility index (Phi) is 5.86. The van der Waals surface area contributed by atoms with E-state index in [9.17, 15) is 0 Å². The van der Waals surface area contributed by atoms with Gasteiger partial charge in [-0.1, -0.05) is 0 Å². The Balaban J connectivity index is 2.04. The minimum absolute atomic E-state index is 0.180. The quantitative estimate of drug-likeness (QED) is 0.596.